The summed E-state index contributed by atoms with van der Waals surface area (Å²) in [6, 6.07) is 0. The summed E-state index contributed by atoms with van der Waals surface area (Å²) in [5.74, 6) is 0. The van der Waals surface area contributed by atoms with E-state index in [9.17, 15) is 0 Å². The van der Waals surface area contributed by atoms with Crippen LogP contribution in [0.4, 0.5) is 0 Å². The predicted octanol–water partition coefficient (Wildman–Crippen LogP) is 1.02. The fourth-order valence-corrected chi connectivity index (χ4v) is 1.94. The van der Waals surface area contributed by atoms with E-state index < -0.39 is 0 Å². The van der Waals surface area contributed by atoms with Gasteiger partial charge < -0.3 is 0 Å². The zero-order valence-electron chi connectivity index (χ0n) is 2.94. The van der Waals surface area contributed by atoms with Crippen molar-refractivity contribution in [1.29, 1.82) is 0 Å². The van der Waals surface area contributed by atoms with Crippen LogP contribution in [0.5, 0.6) is 0 Å². The molecule has 3 atom stereocenters. The Hall–Kier alpha value is 0.300. The molecule has 1 saturated heterocycles. The van der Waals surface area contributed by atoms with Crippen molar-refractivity contribution in [3.05, 3.63) is 6.42 Å². The fourth-order valence-electron chi connectivity index (χ4n) is 0.736. The van der Waals surface area contributed by atoms with Gasteiger partial charge >= 0.3 is 0 Å². The Morgan fingerprint density at radius 2 is 2.60 bits per heavy atom. The molecule has 0 aromatic rings. The van der Waals surface area contributed by atoms with E-state index in [1.165, 1.54) is 20.7 Å². The second-order valence-electron chi connectivity index (χ2n) is 1.77. The van der Waals surface area contributed by atoms with Crippen LogP contribution in [0.25, 0.3) is 0 Å². The highest BCUT2D eigenvalue weighted by Gasteiger charge is 2.55. The van der Waals surface area contributed by atoms with E-state index in [0.29, 0.717) is 0 Å². The molecule has 2 fully saturated rings. The van der Waals surface area contributed by atoms with E-state index in [-0.39, 0.29) is 0 Å². The highest BCUT2D eigenvalue weighted by molar-refractivity contribution is 7.49. The Bertz CT molecular complexity index is 48.7. The van der Waals surface area contributed by atoms with Gasteiger partial charge in [0.1, 0.15) is 5.66 Å². The molecule has 1 heteroatoms. The monoisotopic (exact) mass is 85.0 g/mol. The first-order valence-corrected chi connectivity index (χ1v) is 3.22. The Morgan fingerprint density at radius 3 is 2.60 bits per heavy atom. The van der Waals surface area contributed by atoms with Gasteiger partial charge in [0.25, 0.3) is 0 Å². The minimum Gasteiger partial charge on any atom is -0.0572 e. The molecular formula is C4H6P+. The Kier molecular flexibility index (Phi) is 0.267. The first-order valence-electron chi connectivity index (χ1n) is 2.06. The molecule has 2 rings (SSSR count). The lowest BCUT2D eigenvalue weighted by molar-refractivity contribution is 0.777. The van der Waals surface area contributed by atoms with Gasteiger partial charge in [0.15, 0.2) is 0 Å². The highest BCUT2D eigenvalue weighted by Crippen LogP contribution is 2.61. The summed E-state index contributed by atoms with van der Waals surface area (Å²) in [7, 11) is 1.34. The zero-order chi connectivity index (χ0) is 3.28. The minimum atomic E-state index is 1.13. The molecule has 1 heterocycles. The lowest BCUT2D eigenvalue weighted by atomic mass is 10.0. The van der Waals surface area contributed by atoms with E-state index in [2.05, 4.69) is 6.42 Å². The summed E-state index contributed by atoms with van der Waals surface area (Å²) in [4.78, 5) is 0. The van der Waals surface area contributed by atoms with Crippen LogP contribution in [-0.2, 0) is 0 Å². The lowest BCUT2D eigenvalue weighted by Crippen LogP contribution is -2.06. The van der Waals surface area contributed by atoms with Crippen LogP contribution >= 0.6 is 8.58 Å². The average Bonchev–Trinajstić information content (AvgIpc) is 1.74. The molecular weight excluding hydrogens is 79.0 g/mol. The minimum absolute atomic E-state index is 1.13. The van der Waals surface area contributed by atoms with Gasteiger partial charge in [-0.2, -0.15) is 0 Å². The number of fused-ring (bicyclic) bond motifs is 1. The SMILES string of the molecule is [CH+]1CC2PC12. The lowest BCUT2D eigenvalue weighted by Gasteiger charge is -1.91. The Morgan fingerprint density at radius 1 is 1.80 bits per heavy atom. The normalized spacial score (nSPS) is 60.8. The third kappa shape index (κ3) is 0.178. The van der Waals surface area contributed by atoms with Crippen LogP contribution in [0.1, 0.15) is 6.42 Å². The summed E-state index contributed by atoms with van der Waals surface area (Å²) in [6.45, 7) is 0. The largest absolute Gasteiger partial charge is 0.124 e. The van der Waals surface area contributed by atoms with Gasteiger partial charge in [-0.1, -0.05) is 8.58 Å². The van der Waals surface area contributed by atoms with E-state index in [1.807, 2.05) is 0 Å². The summed E-state index contributed by atoms with van der Waals surface area (Å²) in [5, 5.41) is 0. The standard InChI is InChI=1S/C4H6P/c1-2-4-3(1)5-4/h1,3-5H,2H2/q+1. The van der Waals surface area contributed by atoms with Crippen molar-refractivity contribution in [2.75, 3.05) is 0 Å². The molecule has 0 amide bonds. The second-order valence-corrected chi connectivity index (χ2v) is 3.51. The van der Waals surface area contributed by atoms with Gasteiger partial charge in [0.2, 0.25) is 0 Å². The Balaban J connectivity index is 2.19. The predicted molar refractivity (Wildman–Crippen MR) is 24.8 cm³/mol. The Labute approximate surface area is 33.7 Å². The molecule has 0 N–H and O–H groups in total. The molecule has 0 bridgehead atoms. The quantitative estimate of drug-likeness (QED) is 0.304. The topological polar surface area (TPSA) is 0 Å². The van der Waals surface area contributed by atoms with E-state index >= 15 is 0 Å². The first-order chi connectivity index (χ1) is 2.47. The van der Waals surface area contributed by atoms with E-state index in [0.717, 1.165) is 5.66 Å². The third-order valence-corrected chi connectivity index (χ3v) is 3.04. The van der Waals surface area contributed by atoms with Crippen molar-refractivity contribution in [3.63, 3.8) is 0 Å². The number of hydrogen-bond acceptors (Lipinski definition) is 0. The van der Waals surface area contributed by atoms with Gasteiger partial charge in [-0.25, -0.2) is 0 Å². The van der Waals surface area contributed by atoms with Crippen LogP contribution in [-0.4, -0.2) is 11.3 Å². The molecule has 0 spiro atoms. The van der Waals surface area contributed by atoms with E-state index in [1.54, 1.807) is 0 Å². The molecule has 3 unspecified atom stereocenters. The maximum Gasteiger partial charge on any atom is 0.124 e. The molecule has 2 aliphatic rings. The average molecular weight is 85.1 g/mol. The molecule has 1 aliphatic heterocycles. The van der Waals surface area contributed by atoms with Gasteiger partial charge in [-0.3, -0.25) is 0 Å². The first kappa shape index (κ1) is 2.47. The van der Waals surface area contributed by atoms with Gasteiger partial charge in [0, 0.05) is 0 Å². The molecule has 1 saturated carbocycles. The van der Waals surface area contributed by atoms with Crippen LogP contribution in [0.2, 0.25) is 0 Å². The molecule has 0 aromatic carbocycles. The van der Waals surface area contributed by atoms with Gasteiger partial charge in [0.05, 0.1) is 18.5 Å². The molecule has 0 radical (unpaired) electrons. The van der Waals surface area contributed by atoms with Crippen molar-refractivity contribution < 1.29 is 0 Å². The molecule has 0 aromatic heterocycles. The summed E-state index contributed by atoms with van der Waals surface area (Å²) >= 11 is 0. The molecule has 0 nitrogen and oxygen atoms in total. The maximum atomic E-state index is 2.43. The molecule has 26 valence electrons. The van der Waals surface area contributed by atoms with Crippen LogP contribution in [0.3, 0.4) is 0 Å². The smallest absolute Gasteiger partial charge is 0.0572 e. The molecule has 1 aliphatic carbocycles. The summed E-state index contributed by atoms with van der Waals surface area (Å²) < 4.78 is 0. The number of rotatable bonds is 0. The van der Waals surface area contributed by atoms with Gasteiger partial charge in [-0.15, -0.1) is 0 Å². The van der Waals surface area contributed by atoms with Crippen molar-refractivity contribution in [1.82, 2.24) is 0 Å². The van der Waals surface area contributed by atoms with E-state index in [4.69, 9.17) is 0 Å². The van der Waals surface area contributed by atoms with Crippen LogP contribution < -0.4 is 0 Å². The second kappa shape index (κ2) is 0.541. The summed E-state index contributed by atoms with van der Waals surface area (Å²) in [5.41, 5.74) is 2.34. The highest BCUT2D eigenvalue weighted by atomic mass is 31.1. The molecule has 5 heavy (non-hydrogen) atoms. The van der Waals surface area contributed by atoms with Crippen molar-refractivity contribution >= 4 is 8.58 Å². The van der Waals surface area contributed by atoms with Gasteiger partial charge in [-0.05, 0) is 0 Å². The number of hydrogen-bond donors (Lipinski definition) is 0. The third-order valence-electron chi connectivity index (χ3n) is 1.37. The zero-order valence-corrected chi connectivity index (χ0v) is 3.94. The fraction of sp³-hybridized carbons (Fsp3) is 0.750. The van der Waals surface area contributed by atoms with Crippen molar-refractivity contribution in [2.24, 2.45) is 0 Å². The van der Waals surface area contributed by atoms with Crippen LogP contribution in [0, 0.1) is 6.42 Å². The maximum absolute atomic E-state index is 2.43. The van der Waals surface area contributed by atoms with Crippen molar-refractivity contribution in [2.45, 2.75) is 17.7 Å². The summed E-state index contributed by atoms with van der Waals surface area (Å²) in [6.07, 6.45) is 3.88. The van der Waals surface area contributed by atoms with Crippen LogP contribution in [0.15, 0.2) is 0 Å². The van der Waals surface area contributed by atoms with Crippen molar-refractivity contribution in [3.8, 4) is 0 Å².